The third kappa shape index (κ3) is 5.07. The topological polar surface area (TPSA) is 72.2 Å². The fourth-order valence-electron chi connectivity index (χ4n) is 3.01. The highest BCUT2D eigenvalue weighted by Gasteiger charge is 2.22. The Kier molecular flexibility index (Phi) is 6.01. The van der Waals surface area contributed by atoms with Gasteiger partial charge in [0, 0.05) is 12.6 Å². The van der Waals surface area contributed by atoms with E-state index in [0.29, 0.717) is 11.8 Å². The van der Waals surface area contributed by atoms with E-state index in [1.54, 1.807) is 0 Å². The molecule has 3 N–H and O–H groups in total. The average Bonchev–Trinajstić information content (AvgIpc) is 2.97. The zero-order valence-electron chi connectivity index (χ0n) is 13.6. The third-order valence-corrected chi connectivity index (χ3v) is 6.00. The van der Waals surface area contributed by atoms with Crippen molar-refractivity contribution in [2.24, 2.45) is 11.7 Å². The molecule has 0 bridgehead atoms. The molecule has 0 amide bonds. The Labute approximate surface area is 134 Å². The monoisotopic (exact) mass is 324 g/mol. The Hall–Kier alpha value is -0.910. The molecule has 1 aliphatic carbocycles. The van der Waals surface area contributed by atoms with Crippen molar-refractivity contribution < 1.29 is 8.42 Å². The van der Waals surface area contributed by atoms with Gasteiger partial charge in [0.2, 0.25) is 10.0 Å². The van der Waals surface area contributed by atoms with Crippen LogP contribution in [0.15, 0.2) is 24.3 Å². The van der Waals surface area contributed by atoms with Crippen LogP contribution in [0.1, 0.15) is 62.6 Å². The maximum atomic E-state index is 12.1. The molecule has 1 unspecified atom stereocenters. The van der Waals surface area contributed by atoms with Crippen LogP contribution in [-0.4, -0.2) is 20.7 Å². The number of rotatable bonds is 7. The minimum Gasteiger partial charge on any atom is -0.323 e. The smallest absolute Gasteiger partial charge is 0.211 e. The second-order valence-electron chi connectivity index (χ2n) is 6.71. The molecule has 124 valence electrons. The highest BCUT2D eigenvalue weighted by atomic mass is 32.2. The predicted octanol–water partition coefficient (Wildman–Crippen LogP) is 2.92. The van der Waals surface area contributed by atoms with E-state index in [1.165, 1.54) is 5.56 Å². The summed E-state index contributed by atoms with van der Waals surface area (Å²) >= 11 is 0. The van der Waals surface area contributed by atoms with Gasteiger partial charge in [0.15, 0.2) is 0 Å². The molecular formula is C17H28N2O2S. The molecule has 1 aromatic carbocycles. The van der Waals surface area contributed by atoms with Gasteiger partial charge < -0.3 is 5.73 Å². The Morgan fingerprint density at radius 1 is 1.14 bits per heavy atom. The highest BCUT2D eigenvalue weighted by molar-refractivity contribution is 7.89. The maximum absolute atomic E-state index is 12.1. The maximum Gasteiger partial charge on any atom is 0.211 e. The van der Waals surface area contributed by atoms with Crippen LogP contribution < -0.4 is 10.5 Å². The lowest BCUT2D eigenvalue weighted by Crippen LogP contribution is -2.35. The van der Waals surface area contributed by atoms with E-state index in [9.17, 15) is 8.42 Å². The molecule has 1 fully saturated rings. The highest BCUT2D eigenvalue weighted by Crippen LogP contribution is 2.25. The first kappa shape index (κ1) is 17.4. The van der Waals surface area contributed by atoms with E-state index in [2.05, 4.69) is 30.7 Å². The lowest BCUT2D eigenvalue weighted by atomic mass is 9.99. The van der Waals surface area contributed by atoms with Crippen molar-refractivity contribution in [1.29, 1.82) is 0 Å². The first-order chi connectivity index (χ1) is 10.4. The lowest BCUT2D eigenvalue weighted by molar-refractivity contribution is 0.542. The molecule has 2 rings (SSSR count). The van der Waals surface area contributed by atoms with Crippen molar-refractivity contribution in [3.05, 3.63) is 35.4 Å². The van der Waals surface area contributed by atoms with Crippen LogP contribution in [0.5, 0.6) is 0 Å². The van der Waals surface area contributed by atoms with Gasteiger partial charge in [-0.3, -0.25) is 0 Å². The van der Waals surface area contributed by atoms with Gasteiger partial charge in [-0.1, -0.05) is 51.0 Å². The number of hydrogen-bond acceptors (Lipinski definition) is 3. The lowest BCUT2D eigenvalue weighted by Gasteiger charge is -2.16. The zero-order valence-corrected chi connectivity index (χ0v) is 14.4. The standard InChI is InChI=1S/C17H28N2O2S/c1-13(2)15-7-9-16(10-8-15)17(18)11-19-22(20,21)12-14-5-3-4-6-14/h7-10,13-14,17,19H,3-6,11-12,18H2,1-2H3. The van der Waals surface area contributed by atoms with Gasteiger partial charge in [-0.05, 0) is 35.8 Å². The number of hydrogen-bond donors (Lipinski definition) is 2. The van der Waals surface area contributed by atoms with E-state index in [1.807, 2.05) is 12.1 Å². The van der Waals surface area contributed by atoms with Crippen LogP contribution >= 0.6 is 0 Å². The molecule has 0 aliphatic heterocycles. The Balaban J connectivity index is 1.87. The number of nitrogens with two attached hydrogens (primary N) is 1. The zero-order chi connectivity index (χ0) is 16.2. The molecule has 1 atom stereocenters. The molecule has 0 aromatic heterocycles. The largest absolute Gasteiger partial charge is 0.323 e. The van der Waals surface area contributed by atoms with E-state index < -0.39 is 10.0 Å². The van der Waals surface area contributed by atoms with Gasteiger partial charge >= 0.3 is 0 Å². The quantitative estimate of drug-likeness (QED) is 0.810. The molecular weight excluding hydrogens is 296 g/mol. The SMILES string of the molecule is CC(C)c1ccc(C(N)CNS(=O)(=O)CC2CCCC2)cc1. The average molecular weight is 324 g/mol. The normalized spacial score (nSPS) is 18.0. The second kappa shape index (κ2) is 7.57. The van der Waals surface area contributed by atoms with Gasteiger partial charge in [-0.2, -0.15) is 0 Å². The van der Waals surface area contributed by atoms with Crippen LogP contribution in [-0.2, 0) is 10.0 Å². The summed E-state index contributed by atoms with van der Waals surface area (Å²) in [5.41, 5.74) is 8.34. The summed E-state index contributed by atoms with van der Waals surface area (Å²) in [5.74, 6) is 1.04. The summed E-state index contributed by atoms with van der Waals surface area (Å²) in [6, 6.07) is 7.80. The number of sulfonamides is 1. The molecule has 22 heavy (non-hydrogen) atoms. The molecule has 5 heteroatoms. The first-order valence-corrected chi connectivity index (χ1v) is 9.85. The Bertz CT molecular complexity index is 561. The van der Waals surface area contributed by atoms with Crippen LogP contribution in [0.4, 0.5) is 0 Å². The van der Waals surface area contributed by atoms with E-state index in [0.717, 1.165) is 31.2 Å². The summed E-state index contributed by atoms with van der Waals surface area (Å²) in [6.45, 7) is 4.55. The molecule has 0 spiro atoms. The second-order valence-corrected chi connectivity index (χ2v) is 8.56. The van der Waals surface area contributed by atoms with Gasteiger partial charge in [0.1, 0.15) is 0 Å². The van der Waals surface area contributed by atoms with E-state index >= 15 is 0 Å². The first-order valence-electron chi connectivity index (χ1n) is 8.20. The molecule has 1 aromatic rings. The van der Waals surface area contributed by atoms with Crippen LogP contribution in [0.25, 0.3) is 0 Å². The van der Waals surface area contributed by atoms with Gasteiger partial charge in [-0.25, -0.2) is 13.1 Å². The van der Waals surface area contributed by atoms with Crippen molar-refractivity contribution in [3.8, 4) is 0 Å². The third-order valence-electron chi connectivity index (χ3n) is 4.48. The van der Waals surface area contributed by atoms with Crippen molar-refractivity contribution in [1.82, 2.24) is 4.72 Å². The van der Waals surface area contributed by atoms with E-state index in [-0.39, 0.29) is 18.3 Å². The number of nitrogens with one attached hydrogen (secondary N) is 1. The Morgan fingerprint density at radius 3 is 2.23 bits per heavy atom. The summed E-state index contributed by atoms with van der Waals surface area (Å²) in [4.78, 5) is 0. The fraction of sp³-hybridized carbons (Fsp3) is 0.647. The van der Waals surface area contributed by atoms with Gasteiger partial charge in [-0.15, -0.1) is 0 Å². The molecule has 0 radical (unpaired) electrons. The predicted molar refractivity (Wildman–Crippen MR) is 91.2 cm³/mol. The molecule has 1 aliphatic rings. The van der Waals surface area contributed by atoms with Crippen LogP contribution in [0, 0.1) is 5.92 Å². The van der Waals surface area contributed by atoms with Gasteiger partial charge in [0.25, 0.3) is 0 Å². The number of benzene rings is 1. The molecule has 0 heterocycles. The summed E-state index contributed by atoms with van der Waals surface area (Å²) in [7, 11) is -3.22. The van der Waals surface area contributed by atoms with Crippen molar-refractivity contribution >= 4 is 10.0 Å². The van der Waals surface area contributed by atoms with Crippen molar-refractivity contribution in [2.75, 3.05) is 12.3 Å². The molecule has 1 saturated carbocycles. The molecule has 4 nitrogen and oxygen atoms in total. The van der Waals surface area contributed by atoms with E-state index in [4.69, 9.17) is 5.73 Å². The summed E-state index contributed by atoms with van der Waals surface area (Å²) in [6.07, 6.45) is 4.37. The van der Waals surface area contributed by atoms with Gasteiger partial charge in [0.05, 0.1) is 5.75 Å². The fourth-order valence-corrected chi connectivity index (χ4v) is 4.51. The van der Waals surface area contributed by atoms with Crippen LogP contribution in [0.2, 0.25) is 0 Å². The minimum atomic E-state index is -3.22. The molecule has 0 saturated heterocycles. The van der Waals surface area contributed by atoms with Crippen molar-refractivity contribution in [3.63, 3.8) is 0 Å². The minimum absolute atomic E-state index is 0.242. The summed E-state index contributed by atoms with van der Waals surface area (Å²) in [5, 5.41) is 0. The van der Waals surface area contributed by atoms with Crippen molar-refractivity contribution in [2.45, 2.75) is 51.5 Å². The summed E-state index contributed by atoms with van der Waals surface area (Å²) < 4.78 is 26.9. The Morgan fingerprint density at radius 2 is 1.68 bits per heavy atom. The van der Waals surface area contributed by atoms with Crippen LogP contribution in [0.3, 0.4) is 0 Å².